The first kappa shape index (κ1) is 12.0. The van der Waals surface area contributed by atoms with Gasteiger partial charge >= 0.3 is 5.97 Å². The van der Waals surface area contributed by atoms with Gasteiger partial charge in [0.05, 0.1) is 12.5 Å². The van der Waals surface area contributed by atoms with Gasteiger partial charge in [-0.1, -0.05) is 6.92 Å². The fraction of sp³-hybridized carbons (Fsp3) is 0.800. The van der Waals surface area contributed by atoms with Crippen molar-refractivity contribution in [2.75, 3.05) is 13.1 Å². The minimum absolute atomic E-state index is 0.0391. The third-order valence-electron chi connectivity index (χ3n) is 2.68. The Bertz CT molecular complexity index is 243. The van der Waals surface area contributed by atoms with Gasteiger partial charge in [0.25, 0.3) is 0 Å². The fourth-order valence-corrected chi connectivity index (χ4v) is 1.85. The molecule has 15 heavy (non-hydrogen) atoms. The maximum absolute atomic E-state index is 11.3. The Labute approximate surface area is 89.2 Å². The average Bonchev–Trinajstić information content (AvgIpc) is 2.63. The van der Waals surface area contributed by atoms with Crippen molar-refractivity contribution in [1.29, 1.82) is 0 Å². The lowest BCUT2D eigenvalue weighted by atomic mass is 10.1. The molecule has 1 rings (SSSR count). The molecule has 0 aliphatic heterocycles. The van der Waals surface area contributed by atoms with Gasteiger partial charge in [0.1, 0.15) is 0 Å². The maximum Gasteiger partial charge on any atom is 0.306 e. The van der Waals surface area contributed by atoms with Gasteiger partial charge < -0.3 is 15.7 Å². The van der Waals surface area contributed by atoms with Crippen LogP contribution in [0.3, 0.4) is 0 Å². The molecule has 86 valence electrons. The van der Waals surface area contributed by atoms with E-state index in [-0.39, 0.29) is 17.9 Å². The van der Waals surface area contributed by atoms with E-state index in [1.807, 2.05) is 6.92 Å². The first-order valence-corrected chi connectivity index (χ1v) is 5.36. The number of hydrogen-bond acceptors (Lipinski definition) is 3. The molecular formula is C10H18N2O3. The summed E-state index contributed by atoms with van der Waals surface area (Å²) in [5.41, 5.74) is 0. The van der Waals surface area contributed by atoms with E-state index in [2.05, 4.69) is 10.6 Å². The first-order valence-electron chi connectivity index (χ1n) is 5.36. The van der Waals surface area contributed by atoms with Crippen molar-refractivity contribution >= 4 is 11.9 Å². The molecule has 0 bridgehead atoms. The number of aliphatic carboxylic acids is 1. The summed E-state index contributed by atoms with van der Waals surface area (Å²) >= 11 is 0. The van der Waals surface area contributed by atoms with Crippen LogP contribution in [0, 0.1) is 5.92 Å². The normalized spacial score (nSPS) is 25.1. The number of carboxylic acid groups (broad SMARTS) is 1. The summed E-state index contributed by atoms with van der Waals surface area (Å²) in [6.45, 7) is 3.00. The Morgan fingerprint density at radius 3 is 2.67 bits per heavy atom. The predicted octanol–water partition coefficient (Wildman–Crippen LogP) is -0.0346. The van der Waals surface area contributed by atoms with Crippen LogP contribution < -0.4 is 10.6 Å². The number of carboxylic acids is 1. The Morgan fingerprint density at radius 2 is 2.13 bits per heavy atom. The summed E-state index contributed by atoms with van der Waals surface area (Å²) < 4.78 is 0. The number of hydrogen-bond donors (Lipinski definition) is 3. The van der Waals surface area contributed by atoms with Crippen LogP contribution in [0.15, 0.2) is 0 Å². The molecule has 1 fully saturated rings. The van der Waals surface area contributed by atoms with Gasteiger partial charge in [-0.15, -0.1) is 0 Å². The minimum atomic E-state index is -0.751. The number of nitrogens with one attached hydrogen (secondary N) is 2. The van der Waals surface area contributed by atoms with Crippen LogP contribution in [-0.4, -0.2) is 36.1 Å². The lowest BCUT2D eigenvalue weighted by Crippen LogP contribution is -2.39. The quantitative estimate of drug-likeness (QED) is 0.600. The fourth-order valence-electron chi connectivity index (χ4n) is 1.85. The molecule has 0 aromatic rings. The van der Waals surface area contributed by atoms with Crippen molar-refractivity contribution in [2.45, 2.75) is 32.2 Å². The zero-order chi connectivity index (χ0) is 11.3. The minimum Gasteiger partial charge on any atom is -0.481 e. The van der Waals surface area contributed by atoms with Gasteiger partial charge in [0.2, 0.25) is 5.91 Å². The smallest absolute Gasteiger partial charge is 0.306 e. The third kappa shape index (κ3) is 3.87. The van der Waals surface area contributed by atoms with Crippen molar-refractivity contribution in [3.05, 3.63) is 0 Å². The van der Waals surface area contributed by atoms with Crippen LogP contribution in [0.4, 0.5) is 0 Å². The standard InChI is InChI=1S/C10H18N2O3/c1-2-11-6-9(13)12-8-4-3-7(5-8)10(14)15/h7-8,11H,2-6H2,1H3,(H,12,13)(H,14,15)/t7-,8+/m1/s1. The second-order valence-corrected chi connectivity index (χ2v) is 3.89. The number of carbonyl (C=O) groups excluding carboxylic acids is 1. The van der Waals surface area contributed by atoms with E-state index in [1.165, 1.54) is 0 Å². The SMILES string of the molecule is CCNCC(=O)N[C@H]1CC[C@@H](C(=O)O)C1. The van der Waals surface area contributed by atoms with Crippen molar-refractivity contribution in [1.82, 2.24) is 10.6 Å². The highest BCUT2D eigenvalue weighted by molar-refractivity contribution is 5.78. The van der Waals surface area contributed by atoms with E-state index in [1.54, 1.807) is 0 Å². The van der Waals surface area contributed by atoms with Gasteiger partial charge in [-0.25, -0.2) is 0 Å². The average molecular weight is 214 g/mol. The summed E-state index contributed by atoms with van der Waals surface area (Å²) in [5, 5.41) is 14.5. The highest BCUT2D eigenvalue weighted by Gasteiger charge is 2.30. The van der Waals surface area contributed by atoms with E-state index in [0.717, 1.165) is 13.0 Å². The van der Waals surface area contributed by atoms with Crippen LogP contribution in [0.5, 0.6) is 0 Å². The summed E-state index contributed by atoms with van der Waals surface area (Å²) in [6, 6.07) is 0.0391. The highest BCUT2D eigenvalue weighted by Crippen LogP contribution is 2.25. The zero-order valence-corrected chi connectivity index (χ0v) is 8.95. The van der Waals surface area contributed by atoms with E-state index >= 15 is 0 Å². The van der Waals surface area contributed by atoms with E-state index < -0.39 is 5.97 Å². The van der Waals surface area contributed by atoms with Gasteiger partial charge in [-0.05, 0) is 25.8 Å². The summed E-state index contributed by atoms with van der Waals surface area (Å²) in [7, 11) is 0. The van der Waals surface area contributed by atoms with Crippen LogP contribution in [-0.2, 0) is 9.59 Å². The van der Waals surface area contributed by atoms with Gasteiger partial charge in [-0.2, -0.15) is 0 Å². The van der Waals surface area contributed by atoms with Gasteiger partial charge in [-0.3, -0.25) is 9.59 Å². The van der Waals surface area contributed by atoms with Crippen molar-refractivity contribution in [3.8, 4) is 0 Å². The lowest BCUT2D eigenvalue weighted by molar-refractivity contribution is -0.141. The van der Waals surface area contributed by atoms with Crippen LogP contribution in [0.25, 0.3) is 0 Å². The van der Waals surface area contributed by atoms with Crippen molar-refractivity contribution in [2.24, 2.45) is 5.92 Å². The summed E-state index contributed by atoms with van der Waals surface area (Å²) in [6.07, 6.45) is 2.00. The van der Waals surface area contributed by atoms with Gasteiger partial charge in [0.15, 0.2) is 0 Å². The molecule has 1 aliphatic rings. The lowest BCUT2D eigenvalue weighted by Gasteiger charge is -2.12. The molecule has 0 unspecified atom stereocenters. The molecule has 2 atom stereocenters. The van der Waals surface area contributed by atoms with E-state index in [4.69, 9.17) is 5.11 Å². The van der Waals surface area contributed by atoms with Crippen LogP contribution >= 0.6 is 0 Å². The van der Waals surface area contributed by atoms with E-state index in [9.17, 15) is 9.59 Å². The number of likely N-dealkylation sites (N-methyl/N-ethyl adjacent to an activating group) is 1. The van der Waals surface area contributed by atoms with Crippen LogP contribution in [0.2, 0.25) is 0 Å². The second kappa shape index (κ2) is 5.70. The van der Waals surface area contributed by atoms with Crippen LogP contribution in [0.1, 0.15) is 26.2 Å². The highest BCUT2D eigenvalue weighted by atomic mass is 16.4. The summed E-state index contributed by atoms with van der Waals surface area (Å²) in [5.74, 6) is -1.08. The Morgan fingerprint density at radius 1 is 1.40 bits per heavy atom. The molecule has 0 saturated heterocycles. The number of amides is 1. The molecule has 0 heterocycles. The Kier molecular flexibility index (Phi) is 4.55. The van der Waals surface area contributed by atoms with Crippen molar-refractivity contribution in [3.63, 3.8) is 0 Å². The molecule has 0 aromatic carbocycles. The molecule has 3 N–H and O–H groups in total. The monoisotopic (exact) mass is 214 g/mol. The third-order valence-corrected chi connectivity index (χ3v) is 2.68. The zero-order valence-electron chi connectivity index (χ0n) is 8.95. The topological polar surface area (TPSA) is 78.4 Å². The Hall–Kier alpha value is -1.10. The largest absolute Gasteiger partial charge is 0.481 e. The molecular weight excluding hydrogens is 196 g/mol. The summed E-state index contributed by atoms with van der Waals surface area (Å²) in [4.78, 5) is 22.0. The van der Waals surface area contributed by atoms with Crippen molar-refractivity contribution < 1.29 is 14.7 Å². The Balaban J connectivity index is 2.23. The number of carbonyl (C=O) groups is 2. The molecule has 0 aromatic heterocycles. The molecule has 1 amide bonds. The maximum atomic E-state index is 11.3. The molecule has 1 aliphatic carbocycles. The molecule has 1 saturated carbocycles. The second-order valence-electron chi connectivity index (χ2n) is 3.89. The van der Waals surface area contributed by atoms with Gasteiger partial charge in [0, 0.05) is 6.04 Å². The molecule has 0 spiro atoms. The molecule has 5 nitrogen and oxygen atoms in total. The molecule has 5 heteroatoms. The predicted molar refractivity (Wildman–Crippen MR) is 55.5 cm³/mol. The first-order chi connectivity index (χ1) is 7.13. The van der Waals surface area contributed by atoms with E-state index in [0.29, 0.717) is 19.4 Å². The molecule has 0 radical (unpaired) electrons. The number of rotatable bonds is 5.